The Bertz CT molecular complexity index is 1180. The highest BCUT2D eigenvalue weighted by molar-refractivity contribution is 9.10. The zero-order valence-corrected chi connectivity index (χ0v) is 19.0. The second-order valence-corrected chi connectivity index (χ2v) is 9.72. The second-order valence-electron chi connectivity index (χ2n) is 6.71. The first-order valence-corrected chi connectivity index (χ1v) is 11.9. The number of nitrogens with zero attached hydrogens (tertiary/aromatic N) is 2. The molecular weight excluding hydrogens is 470 g/mol. The number of anilines is 1. The molecule has 0 aliphatic heterocycles. The maximum atomic E-state index is 12.0. The van der Waals surface area contributed by atoms with E-state index in [1.54, 1.807) is 18.2 Å². The minimum Gasteiger partial charge on any atom is -0.488 e. The van der Waals surface area contributed by atoms with E-state index in [1.807, 2.05) is 18.2 Å². The van der Waals surface area contributed by atoms with Crippen molar-refractivity contribution >= 4 is 48.3 Å². The zero-order chi connectivity index (χ0) is 21.7. The lowest BCUT2D eigenvalue weighted by molar-refractivity contribution is -0.118. The van der Waals surface area contributed by atoms with Crippen LogP contribution in [0.2, 0.25) is 0 Å². The number of hydrogen-bond acceptors (Lipinski definition) is 7. The second kappa shape index (κ2) is 9.40. The summed E-state index contributed by atoms with van der Waals surface area (Å²) in [7, 11) is -2.78. The van der Waals surface area contributed by atoms with Gasteiger partial charge in [-0.2, -0.15) is 0 Å². The van der Waals surface area contributed by atoms with Crippen molar-refractivity contribution in [2.24, 2.45) is 0 Å². The molecule has 158 valence electrons. The van der Waals surface area contributed by atoms with Gasteiger partial charge >= 0.3 is 0 Å². The van der Waals surface area contributed by atoms with Gasteiger partial charge in [0.2, 0.25) is 5.91 Å². The molecule has 3 aromatic rings. The topological polar surface area (TPSA) is 117 Å². The lowest BCUT2D eigenvalue weighted by Gasteiger charge is -2.13. The molecule has 10 heteroatoms. The molecule has 0 fully saturated rings. The molecule has 0 spiro atoms. The summed E-state index contributed by atoms with van der Waals surface area (Å²) in [5.74, 6) is 1.20. The summed E-state index contributed by atoms with van der Waals surface area (Å²) < 4.78 is 26.4. The maximum Gasteiger partial charge on any atom is 0.216 e. The average molecular weight is 492 g/mol. The highest BCUT2D eigenvalue weighted by Gasteiger charge is 2.11. The van der Waals surface area contributed by atoms with Crippen molar-refractivity contribution < 1.29 is 13.7 Å². The maximum absolute atomic E-state index is 12.0. The predicted octanol–water partition coefficient (Wildman–Crippen LogP) is 3.55. The molecule has 0 saturated carbocycles. The van der Waals surface area contributed by atoms with E-state index in [9.17, 15) is 9.00 Å². The number of amides is 1. The molecule has 2 aromatic carbocycles. The quantitative estimate of drug-likeness (QED) is 0.414. The molecule has 1 amide bonds. The van der Waals surface area contributed by atoms with Gasteiger partial charge in [-0.25, -0.2) is 19.0 Å². The third kappa shape index (κ3) is 5.67. The molecule has 0 bridgehead atoms. The number of ether oxygens (including phenoxy) is 1. The fourth-order valence-electron chi connectivity index (χ4n) is 2.77. The first kappa shape index (κ1) is 22.0. The molecule has 0 aliphatic rings. The third-order valence-corrected chi connectivity index (χ3v) is 6.00. The summed E-state index contributed by atoms with van der Waals surface area (Å²) in [5.41, 5.74) is 1.53. The molecular formula is C20H22BrN5O3S. The van der Waals surface area contributed by atoms with Crippen LogP contribution < -0.4 is 15.4 Å². The van der Waals surface area contributed by atoms with Crippen LogP contribution in [-0.2, 0) is 21.1 Å². The molecule has 1 heterocycles. The number of aromatic nitrogens is 2. The van der Waals surface area contributed by atoms with E-state index in [0.717, 1.165) is 15.4 Å². The Labute approximate surface area is 183 Å². The fourth-order valence-corrected chi connectivity index (χ4v) is 3.94. The number of halogens is 1. The number of rotatable bonds is 8. The van der Waals surface area contributed by atoms with E-state index in [1.165, 1.54) is 19.5 Å². The van der Waals surface area contributed by atoms with Crippen LogP contribution in [0, 0.1) is 4.78 Å². The van der Waals surface area contributed by atoms with E-state index in [0.29, 0.717) is 35.1 Å². The van der Waals surface area contributed by atoms with E-state index in [4.69, 9.17) is 9.52 Å². The standard InChI is InChI=1S/C20H22BrN5O3S/c1-13(27)23-6-7-24-20-16-9-17(21)19(10-18(16)25-12-26-20)29-11-14-4-3-5-15(8-14)30(2,22)28/h3-5,8-10,12,22H,6-7,11H2,1-2H3,(H,23,27)(H,24,25,26). The SMILES string of the molecule is CC(=O)NCCNc1ncnc2cc(OCc3cccc(S(C)(=N)=O)c3)c(Br)cc12. The lowest BCUT2D eigenvalue weighted by atomic mass is 10.2. The first-order valence-electron chi connectivity index (χ1n) is 9.12. The van der Waals surface area contributed by atoms with E-state index < -0.39 is 9.73 Å². The largest absolute Gasteiger partial charge is 0.488 e. The molecule has 3 N–H and O–H groups in total. The summed E-state index contributed by atoms with van der Waals surface area (Å²) >= 11 is 3.53. The van der Waals surface area contributed by atoms with Gasteiger partial charge in [0.05, 0.1) is 19.7 Å². The zero-order valence-electron chi connectivity index (χ0n) is 16.6. The van der Waals surface area contributed by atoms with E-state index in [-0.39, 0.29) is 12.5 Å². The summed E-state index contributed by atoms with van der Waals surface area (Å²) in [6.45, 7) is 2.77. The number of carbonyl (C=O) groups is 1. The normalized spacial score (nSPS) is 12.9. The number of nitrogens with one attached hydrogen (secondary N) is 3. The number of benzene rings is 2. The van der Waals surface area contributed by atoms with Gasteiger partial charge in [-0.1, -0.05) is 12.1 Å². The van der Waals surface area contributed by atoms with Crippen LogP contribution in [0.25, 0.3) is 10.9 Å². The Morgan fingerprint density at radius 2 is 2.03 bits per heavy atom. The van der Waals surface area contributed by atoms with Crippen LogP contribution in [0.4, 0.5) is 5.82 Å². The Kier molecular flexibility index (Phi) is 6.88. The Hall–Kier alpha value is -2.72. The summed E-state index contributed by atoms with van der Waals surface area (Å²) in [5, 5.41) is 6.74. The van der Waals surface area contributed by atoms with Gasteiger partial charge in [-0.3, -0.25) is 4.79 Å². The highest BCUT2D eigenvalue weighted by Crippen LogP contribution is 2.32. The Morgan fingerprint density at radius 3 is 2.77 bits per heavy atom. The summed E-state index contributed by atoms with van der Waals surface area (Å²) in [6, 6.07) is 10.7. The van der Waals surface area contributed by atoms with Gasteiger partial charge in [-0.05, 0) is 39.7 Å². The number of hydrogen-bond donors (Lipinski definition) is 3. The van der Waals surface area contributed by atoms with Crippen molar-refractivity contribution in [3.8, 4) is 5.75 Å². The van der Waals surface area contributed by atoms with Crippen molar-refractivity contribution in [1.82, 2.24) is 15.3 Å². The van der Waals surface area contributed by atoms with Gasteiger partial charge in [0.25, 0.3) is 0 Å². The van der Waals surface area contributed by atoms with Crippen molar-refractivity contribution in [1.29, 1.82) is 4.78 Å². The molecule has 8 nitrogen and oxygen atoms in total. The summed E-state index contributed by atoms with van der Waals surface area (Å²) in [6.07, 6.45) is 2.87. The van der Waals surface area contributed by atoms with Crippen molar-refractivity contribution in [3.05, 3.63) is 52.8 Å². The van der Waals surface area contributed by atoms with Crippen molar-refractivity contribution in [3.63, 3.8) is 0 Å². The van der Waals surface area contributed by atoms with Crippen LogP contribution in [0.15, 0.2) is 52.1 Å². The van der Waals surface area contributed by atoms with E-state index >= 15 is 0 Å². The molecule has 1 aromatic heterocycles. The Morgan fingerprint density at radius 1 is 1.23 bits per heavy atom. The fraction of sp³-hybridized carbons (Fsp3) is 0.250. The van der Waals surface area contributed by atoms with Crippen LogP contribution in [0.3, 0.4) is 0 Å². The molecule has 1 unspecified atom stereocenters. The molecule has 0 saturated heterocycles. The lowest BCUT2D eigenvalue weighted by Crippen LogP contribution is -2.26. The number of carbonyl (C=O) groups excluding carboxylic acids is 1. The molecule has 30 heavy (non-hydrogen) atoms. The van der Waals surface area contributed by atoms with Crippen LogP contribution >= 0.6 is 15.9 Å². The average Bonchev–Trinajstić information content (AvgIpc) is 2.69. The van der Waals surface area contributed by atoms with Crippen molar-refractivity contribution in [2.45, 2.75) is 18.4 Å². The smallest absolute Gasteiger partial charge is 0.216 e. The molecule has 0 aliphatic carbocycles. The van der Waals surface area contributed by atoms with E-state index in [2.05, 4.69) is 36.5 Å². The highest BCUT2D eigenvalue weighted by atomic mass is 79.9. The van der Waals surface area contributed by atoms with Gasteiger partial charge in [0.1, 0.15) is 24.5 Å². The van der Waals surface area contributed by atoms with Crippen LogP contribution in [0.1, 0.15) is 12.5 Å². The van der Waals surface area contributed by atoms with Gasteiger partial charge < -0.3 is 15.4 Å². The van der Waals surface area contributed by atoms with Gasteiger partial charge in [0.15, 0.2) is 0 Å². The van der Waals surface area contributed by atoms with Crippen molar-refractivity contribution in [2.75, 3.05) is 24.7 Å². The first-order chi connectivity index (χ1) is 14.2. The monoisotopic (exact) mass is 491 g/mol. The molecule has 1 atom stereocenters. The predicted molar refractivity (Wildman–Crippen MR) is 120 cm³/mol. The number of fused-ring (bicyclic) bond motifs is 1. The van der Waals surface area contributed by atoms with Gasteiger partial charge in [-0.15, -0.1) is 0 Å². The third-order valence-electron chi connectivity index (χ3n) is 4.22. The minimum absolute atomic E-state index is 0.0802. The van der Waals surface area contributed by atoms with Crippen LogP contribution in [-0.4, -0.2) is 39.4 Å². The van der Waals surface area contributed by atoms with Crippen LogP contribution in [0.5, 0.6) is 5.75 Å². The molecule has 0 radical (unpaired) electrons. The van der Waals surface area contributed by atoms with Gasteiger partial charge in [0, 0.05) is 42.6 Å². The Balaban J connectivity index is 1.76. The minimum atomic E-state index is -2.78. The summed E-state index contributed by atoms with van der Waals surface area (Å²) in [4.78, 5) is 20.0. The molecule has 3 rings (SSSR count).